The first-order chi connectivity index (χ1) is 9.15. The van der Waals surface area contributed by atoms with Gasteiger partial charge in [-0.15, -0.1) is 0 Å². The van der Waals surface area contributed by atoms with E-state index in [1.807, 2.05) is 0 Å². The zero-order valence-corrected chi connectivity index (χ0v) is 11.1. The van der Waals surface area contributed by atoms with Crippen molar-refractivity contribution in [3.05, 3.63) is 0 Å². The number of nitrogens with zero attached hydrogens (tertiary/aromatic N) is 1. The number of esters is 1. The molecule has 6 nitrogen and oxygen atoms in total. The lowest BCUT2D eigenvalue weighted by molar-refractivity contribution is -0.537. The number of amidine groups is 1. The first-order valence-electron chi connectivity index (χ1n) is 6.94. The highest BCUT2D eigenvalue weighted by atomic mass is 16.6. The van der Waals surface area contributed by atoms with Gasteiger partial charge in [-0.1, -0.05) is 0 Å². The molecule has 0 aromatic carbocycles. The van der Waals surface area contributed by atoms with Gasteiger partial charge in [-0.25, -0.2) is 5.32 Å². The smallest absolute Gasteiger partial charge is 0.309 e. The van der Waals surface area contributed by atoms with E-state index < -0.39 is 11.9 Å². The number of carbonyl (C=O) groups excluding carboxylic acids is 1. The third kappa shape index (κ3) is 4.22. The lowest BCUT2D eigenvalue weighted by Crippen LogP contribution is -2.48. The topological polar surface area (TPSA) is 78.6 Å². The van der Waals surface area contributed by atoms with Crippen molar-refractivity contribution >= 4 is 17.8 Å². The van der Waals surface area contributed by atoms with Gasteiger partial charge in [0.2, 0.25) is 12.1 Å². The Balaban J connectivity index is 1.82. The van der Waals surface area contributed by atoms with Crippen molar-refractivity contribution in [3.63, 3.8) is 0 Å². The fourth-order valence-corrected chi connectivity index (χ4v) is 2.52. The summed E-state index contributed by atoms with van der Waals surface area (Å²) in [5, 5.41) is 11.8. The van der Waals surface area contributed by atoms with E-state index >= 15 is 0 Å². The third-order valence-corrected chi connectivity index (χ3v) is 3.53. The lowest BCUT2D eigenvalue weighted by atomic mass is 10.2. The highest BCUT2D eigenvalue weighted by molar-refractivity contribution is 5.79. The highest BCUT2D eigenvalue weighted by Gasteiger charge is 2.29. The lowest BCUT2D eigenvalue weighted by Gasteiger charge is -2.23. The summed E-state index contributed by atoms with van der Waals surface area (Å²) in [5.41, 5.74) is 0. The maximum atomic E-state index is 11.5. The number of hydrogen-bond donors (Lipinski definition) is 2. The first kappa shape index (κ1) is 13.8. The van der Waals surface area contributed by atoms with Gasteiger partial charge in [-0.2, -0.15) is 0 Å². The van der Waals surface area contributed by atoms with Crippen LogP contribution in [0.5, 0.6) is 0 Å². The average Bonchev–Trinajstić information content (AvgIpc) is 2.61. The molecule has 0 amide bonds. The number of ether oxygens (including phenoxy) is 1. The predicted octanol–water partition coefficient (Wildman–Crippen LogP) is 0.699. The van der Waals surface area contributed by atoms with E-state index in [9.17, 15) is 9.59 Å². The Hall–Kier alpha value is -1.59. The monoisotopic (exact) mass is 269 g/mol. The molecule has 0 aromatic heterocycles. The minimum absolute atomic E-state index is 0.0629. The van der Waals surface area contributed by atoms with Crippen LogP contribution < -0.4 is 5.32 Å². The van der Waals surface area contributed by atoms with Crippen molar-refractivity contribution < 1.29 is 24.0 Å². The quantitative estimate of drug-likeness (QED) is 0.580. The van der Waals surface area contributed by atoms with Crippen LogP contribution in [0, 0.1) is 0 Å². The standard InChI is InChI=1S/C13H20N2O4/c16-12(17)5-6-13(18)19-11-7-9-15-8-3-1-2-4-10(15)14-11/h11H,1-9H2,(H,16,17)/p+1. The summed E-state index contributed by atoms with van der Waals surface area (Å²) in [7, 11) is 0. The Morgan fingerprint density at radius 2 is 2.11 bits per heavy atom. The van der Waals surface area contributed by atoms with Crippen LogP contribution in [-0.2, 0) is 14.3 Å². The molecule has 2 aliphatic heterocycles. The van der Waals surface area contributed by atoms with Crippen LogP contribution in [0.2, 0.25) is 0 Å². The molecule has 0 fully saturated rings. The summed E-state index contributed by atoms with van der Waals surface area (Å²) >= 11 is 0. The Labute approximate surface area is 112 Å². The molecule has 0 radical (unpaired) electrons. The van der Waals surface area contributed by atoms with Crippen LogP contribution in [0.4, 0.5) is 0 Å². The van der Waals surface area contributed by atoms with Crippen LogP contribution in [-0.4, -0.2) is 46.8 Å². The van der Waals surface area contributed by atoms with E-state index in [4.69, 9.17) is 9.84 Å². The molecule has 19 heavy (non-hydrogen) atoms. The van der Waals surface area contributed by atoms with Crippen molar-refractivity contribution in [3.8, 4) is 0 Å². The molecule has 6 heteroatoms. The molecule has 0 aliphatic carbocycles. The van der Waals surface area contributed by atoms with Gasteiger partial charge in [0.05, 0.1) is 32.4 Å². The minimum atomic E-state index is -0.974. The van der Waals surface area contributed by atoms with Crippen molar-refractivity contribution in [1.82, 2.24) is 5.32 Å². The normalized spacial score (nSPS) is 23.1. The second-order valence-corrected chi connectivity index (χ2v) is 5.05. The van der Waals surface area contributed by atoms with Crippen molar-refractivity contribution in [2.45, 2.75) is 51.2 Å². The van der Waals surface area contributed by atoms with E-state index in [2.05, 4.69) is 9.89 Å². The van der Waals surface area contributed by atoms with Gasteiger partial charge in [0.15, 0.2) is 0 Å². The van der Waals surface area contributed by atoms with Gasteiger partial charge in [0.1, 0.15) is 0 Å². The molecule has 0 saturated heterocycles. The van der Waals surface area contributed by atoms with Crippen LogP contribution in [0.1, 0.15) is 44.9 Å². The summed E-state index contributed by atoms with van der Waals surface area (Å²) in [6.07, 6.45) is 4.84. The molecule has 2 rings (SSSR count). The molecule has 106 valence electrons. The molecule has 0 saturated carbocycles. The van der Waals surface area contributed by atoms with Crippen LogP contribution in [0.3, 0.4) is 0 Å². The fourth-order valence-electron chi connectivity index (χ4n) is 2.52. The second kappa shape index (κ2) is 6.54. The number of aliphatic carboxylic acids is 1. The van der Waals surface area contributed by atoms with Crippen molar-refractivity contribution in [2.24, 2.45) is 0 Å². The molecular weight excluding hydrogens is 248 g/mol. The largest absolute Gasteiger partial charge is 0.481 e. The first-order valence-corrected chi connectivity index (χ1v) is 6.94. The van der Waals surface area contributed by atoms with Crippen molar-refractivity contribution in [2.75, 3.05) is 13.1 Å². The van der Waals surface area contributed by atoms with Crippen LogP contribution in [0.25, 0.3) is 0 Å². The number of carboxylic acids is 1. The summed E-state index contributed by atoms with van der Waals surface area (Å²) in [5.74, 6) is -0.250. The maximum absolute atomic E-state index is 11.5. The average molecular weight is 269 g/mol. The number of hydrogen-bond acceptors (Lipinski definition) is 4. The third-order valence-electron chi connectivity index (χ3n) is 3.53. The zero-order valence-electron chi connectivity index (χ0n) is 11.1. The highest BCUT2D eigenvalue weighted by Crippen LogP contribution is 2.12. The molecule has 0 aromatic rings. The van der Waals surface area contributed by atoms with Gasteiger partial charge in [-0.05, 0) is 19.3 Å². The Bertz CT molecular complexity index is 392. The Kier molecular flexibility index (Phi) is 4.76. The van der Waals surface area contributed by atoms with E-state index in [0.717, 1.165) is 25.9 Å². The number of carbonyl (C=O) groups is 2. The number of carboxylic acid groups (broad SMARTS) is 1. The summed E-state index contributed by atoms with van der Waals surface area (Å²) < 4.78 is 7.60. The van der Waals surface area contributed by atoms with E-state index in [1.165, 1.54) is 25.1 Å². The second-order valence-electron chi connectivity index (χ2n) is 5.05. The predicted molar refractivity (Wildman–Crippen MR) is 68.0 cm³/mol. The minimum Gasteiger partial charge on any atom is -0.481 e. The molecule has 2 heterocycles. The fraction of sp³-hybridized carbons (Fsp3) is 0.769. The summed E-state index contributed by atoms with van der Waals surface area (Å²) in [6, 6.07) is 0. The van der Waals surface area contributed by atoms with Gasteiger partial charge >= 0.3 is 11.9 Å². The SMILES string of the molecule is O=C(O)CCC(=O)OC1CC[N+]2=C(CCCCC2)N1. The van der Waals surface area contributed by atoms with Gasteiger partial charge in [-0.3, -0.25) is 14.2 Å². The molecule has 1 atom stereocenters. The summed E-state index contributed by atoms with van der Waals surface area (Å²) in [6.45, 7) is 1.97. The molecule has 2 aliphatic rings. The molecule has 1 unspecified atom stereocenters. The summed E-state index contributed by atoms with van der Waals surface area (Å²) in [4.78, 5) is 21.9. The van der Waals surface area contributed by atoms with Crippen molar-refractivity contribution in [1.29, 1.82) is 0 Å². The molecule has 0 spiro atoms. The van der Waals surface area contributed by atoms with E-state index in [0.29, 0.717) is 0 Å². The van der Waals surface area contributed by atoms with Crippen LogP contribution in [0.15, 0.2) is 0 Å². The van der Waals surface area contributed by atoms with Gasteiger partial charge < -0.3 is 9.84 Å². The Morgan fingerprint density at radius 3 is 2.89 bits per heavy atom. The molecule has 2 N–H and O–H groups in total. The number of nitrogens with one attached hydrogen (secondary N) is 1. The maximum Gasteiger partial charge on any atom is 0.309 e. The van der Waals surface area contributed by atoms with E-state index in [-0.39, 0.29) is 19.1 Å². The van der Waals surface area contributed by atoms with Gasteiger partial charge in [0, 0.05) is 6.42 Å². The molecule has 0 bridgehead atoms. The van der Waals surface area contributed by atoms with Crippen LogP contribution >= 0.6 is 0 Å². The van der Waals surface area contributed by atoms with E-state index in [1.54, 1.807) is 0 Å². The Morgan fingerprint density at radius 1 is 1.26 bits per heavy atom. The molecular formula is C13H21N2O4+. The zero-order chi connectivity index (χ0) is 13.7. The van der Waals surface area contributed by atoms with Gasteiger partial charge in [0.25, 0.3) is 0 Å². The number of rotatable bonds is 4.